The van der Waals surface area contributed by atoms with Crippen LogP contribution in [-0.4, -0.2) is 63.9 Å². The van der Waals surface area contributed by atoms with Crippen molar-refractivity contribution in [3.8, 4) is 43.7 Å². The van der Waals surface area contributed by atoms with E-state index in [1.807, 2.05) is 58.6 Å². The molecule has 0 amide bonds. The largest absolute Gasteiger partial charge is 2.00 e. The Morgan fingerprint density at radius 2 is 0.918 bits per heavy atom. The molecule has 17 heteroatoms. The minimum absolute atomic E-state index is 0. The number of pyridine rings is 4. The minimum Gasteiger partial charge on any atom is -0.753 e. The molecule has 6 aromatic heterocycles. The standard InChI is InChI=1S/C30H36N2S4.C12H8N2O4.2CNS.Ru/c1-3-5-7-9-19-33-29-13-11-27(35-29)23-15-17-31-25(21-23)26-22-24(16-18-32-26)28-12-14-30(36-28)34-20-10-8-6-4-2;15-11(16)7-1-3-13-9(5-7)10-6-8(12(17)18)2-4-14-10;2*2-1-3;/h11-18,21-22H,3-10,19-20H2,1-2H3;1-6H,(H,15,16)(H,17,18);;;/q;;2*-1;+2. The summed E-state index contributed by atoms with van der Waals surface area (Å²) in [5.74, 6) is 0.265. The Kier molecular flexibility index (Phi) is 26.8. The summed E-state index contributed by atoms with van der Waals surface area (Å²) in [6, 6.07) is 23.0. The Balaban J connectivity index is 0.000000428. The molecule has 0 fully saturated rings. The number of rotatable bonds is 18. The van der Waals surface area contributed by atoms with Crippen molar-refractivity contribution in [2.45, 2.75) is 73.6 Å². The third-order valence-corrected chi connectivity index (χ3v) is 13.2. The first kappa shape index (κ1) is 53.0. The van der Waals surface area contributed by atoms with Crippen LogP contribution in [0.2, 0.25) is 0 Å². The van der Waals surface area contributed by atoms with Crippen molar-refractivity contribution in [1.82, 2.24) is 19.9 Å². The molecular formula is C44H44N6O4RuS6. The number of unbranched alkanes of at least 4 members (excludes halogenated alkanes) is 6. The van der Waals surface area contributed by atoms with Crippen molar-refractivity contribution in [3.63, 3.8) is 0 Å². The van der Waals surface area contributed by atoms with Crippen molar-refractivity contribution in [3.05, 3.63) is 120 Å². The van der Waals surface area contributed by atoms with E-state index in [2.05, 4.69) is 107 Å². The van der Waals surface area contributed by atoms with Gasteiger partial charge in [0.1, 0.15) is 0 Å². The number of carboxylic acids is 2. The van der Waals surface area contributed by atoms with Gasteiger partial charge in [0, 0.05) is 34.5 Å². The normalized spacial score (nSPS) is 9.87. The van der Waals surface area contributed by atoms with Crippen molar-refractivity contribution in [2.24, 2.45) is 0 Å². The van der Waals surface area contributed by atoms with Crippen molar-refractivity contribution in [2.75, 3.05) is 11.5 Å². The number of hydrogen-bond donors (Lipinski definition) is 2. The van der Waals surface area contributed by atoms with Gasteiger partial charge in [-0.1, -0.05) is 76.8 Å². The van der Waals surface area contributed by atoms with Crippen LogP contribution in [0.15, 0.2) is 106 Å². The summed E-state index contributed by atoms with van der Waals surface area (Å²) >= 11 is 15.1. The van der Waals surface area contributed by atoms with Gasteiger partial charge in [0.25, 0.3) is 0 Å². The SMILES string of the molecule is CCCCCCSc1ccc(-c2ccnc(-c3cc(-c4ccc(SCCCCCC)s4)ccn3)c2)s1.O=C(O)c1ccnc(-c2cc(C(=O)O)ccn2)c1.[N-]=C=S.[N-]=C=S.[Ru+2]. The summed E-state index contributed by atoms with van der Waals surface area (Å²) < 4.78 is 2.80. The number of thiophene rings is 2. The maximum atomic E-state index is 10.8. The van der Waals surface area contributed by atoms with E-state index in [1.165, 1.54) is 139 Å². The van der Waals surface area contributed by atoms with Gasteiger partial charge in [0.2, 0.25) is 0 Å². The van der Waals surface area contributed by atoms with E-state index in [0.29, 0.717) is 11.4 Å². The van der Waals surface area contributed by atoms with Crippen LogP contribution in [0.25, 0.3) is 54.5 Å². The molecule has 6 heterocycles. The molecule has 61 heavy (non-hydrogen) atoms. The maximum Gasteiger partial charge on any atom is 2.00 e. The number of aromatic nitrogens is 4. The molecule has 6 rings (SSSR count). The van der Waals surface area contributed by atoms with Gasteiger partial charge in [-0.2, -0.15) is 10.3 Å². The van der Waals surface area contributed by atoms with Gasteiger partial charge in [-0.15, -0.1) is 46.2 Å². The average Bonchev–Trinajstić information content (AvgIpc) is 3.95. The molecule has 2 N–H and O–H groups in total. The molecule has 0 bridgehead atoms. The second-order valence-corrected chi connectivity index (χ2v) is 17.9. The monoisotopic (exact) mass is 1010 g/mol. The summed E-state index contributed by atoms with van der Waals surface area (Å²) in [5.41, 5.74) is 5.07. The van der Waals surface area contributed by atoms with Crippen LogP contribution in [0.1, 0.15) is 85.9 Å². The van der Waals surface area contributed by atoms with Crippen LogP contribution in [0, 0.1) is 0 Å². The molecule has 0 spiro atoms. The number of nitrogens with zero attached hydrogens (tertiary/aromatic N) is 6. The molecule has 0 radical (unpaired) electrons. The zero-order valence-electron chi connectivity index (χ0n) is 33.5. The van der Waals surface area contributed by atoms with E-state index in [4.69, 9.17) is 21.0 Å². The van der Waals surface area contributed by atoms with E-state index in [9.17, 15) is 9.59 Å². The summed E-state index contributed by atoms with van der Waals surface area (Å²) in [6.07, 6.45) is 17.1. The molecule has 6 aromatic rings. The topological polar surface area (TPSA) is 171 Å². The van der Waals surface area contributed by atoms with E-state index < -0.39 is 11.9 Å². The number of thiocarbonyl (C=S) groups is 2. The fraction of sp³-hybridized carbons (Fsp3) is 0.273. The molecule has 0 saturated carbocycles. The summed E-state index contributed by atoms with van der Waals surface area (Å²) in [7, 11) is 0. The predicted octanol–water partition coefficient (Wildman–Crippen LogP) is 13.8. The van der Waals surface area contributed by atoms with Crippen LogP contribution in [0.3, 0.4) is 0 Å². The summed E-state index contributed by atoms with van der Waals surface area (Å²) in [4.78, 5) is 41.5. The fourth-order valence-electron chi connectivity index (χ4n) is 5.36. The molecule has 0 saturated heterocycles. The van der Waals surface area contributed by atoms with E-state index in [1.54, 1.807) is 0 Å². The molecule has 0 unspecified atom stereocenters. The smallest absolute Gasteiger partial charge is 0.753 e. The number of carboxylic acid groups (broad SMARTS) is 2. The molecule has 0 aliphatic rings. The third-order valence-electron chi connectivity index (χ3n) is 8.27. The maximum absolute atomic E-state index is 10.8. The predicted molar refractivity (Wildman–Crippen MR) is 257 cm³/mol. The number of carbonyl (C=O) groups is 2. The van der Waals surface area contributed by atoms with Crippen molar-refractivity contribution < 1.29 is 39.3 Å². The average molecular weight is 1010 g/mol. The molecular weight excluding hydrogens is 970 g/mol. The van der Waals surface area contributed by atoms with Crippen LogP contribution in [0.4, 0.5) is 0 Å². The van der Waals surface area contributed by atoms with Crippen molar-refractivity contribution in [1.29, 1.82) is 0 Å². The molecule has 0 atom stereocenters. The summed E-state index contributed by atoms with van der Waals surface area (Å²) in [6.45, 7) is 4.53. The van der Waals surface area contributed by atoms with Gasteiger partial charge in [-0.05, 0) is 108 Å². The minimum atomic E-state index is -1.08. The van der Waals surface area contributed by atoms with Gasteiger partial charge in [-0.3, -0.25) is 19.9 Å². The second-order valence-electron chi connectivity index (χ2n) is 12.6. The molecule has 0 aliphatic carbocycles. The Morgan fingerprint density at radius 3 is 1.26 bits per heavy atom. The zero-order valence-corrected chi connectivity index (χ0v) is 40.1. The summed E-state index contributed by atoms with van der Waals surface area (Å²) in [5, 5.41) is 34.6. The van der Waals surface area contributed by atoms with Gasteiger partial charge in [-0.25, -0.2) is 9.59 Å². The third kappa shape index (κ3) is 19.2. The molecule has 318 valence electrons. The Bertz CT molecular complexity index is 2170. The van der Waals surface area contributed by atoms with E-state index >= 15 is 0 Å². The van der Waals surface area contributed by atoms with Crippen LogP contribution in [-0.2, 0) is 19.5 Å². The first-order valence-electron chi connectivity index (χ1n) is 19.0. The van der Waals surface area contributed by atoms with Crippen LogP contribution in [0.5, 0.6) is 0 Å². The number of hydrogen-bond acceptors (Lipinski definition) is 12. The molecule has 10 nitrogen and oxygen atoms in total. The zero-order chi connectivity index (χ0) is 43.5. The van der Waals surface area contributed by atoms with E-state index in [0.717, 1.165) is 11.4 Å². The van der Waals surface area contributed by atoms with Gasteiger partial charge in [0.05, 0.1) is 42.3 Å². The Labute approximate surface area is 397 Å². The second kappa shape index (κ2) is 30.8. The number of isothiocyanates is 2. The quantitative estimate of drug-likeness (QED) is 0.0275. The Hall–Kier alpha value is -4.14. The van der Waals surface area contributed by atoms with Gasteiger partial charge >= 0.3 is 31.4 Å². The fourth-order valence-corrected chi connectivity index (χ4v) is 9.77. The first-order chi connectivity index (χ1) is 29.2. The van der Waals surface area contributed by atoms with Gasteiger partial charge < -0.3 is 21.0 Å². The van der Waals surface area contributed by atoms with Crippen LogP contribution < -0.4 is 0 Å². The molecule has 0 aromatic carbocycles. The Morgan fingerprint density at radius 1 is 0.574 bits per heavy atom. The van der Waals surface area contributed by atoms with Crippen LogP contribution >= 0.6 is 70.6 Å². The molecule has 0 aliphatic heterocycles. The van der Waals surface area contributed by atoms with E-state index in [-0.39, 0.29) is 30.6 Å². The first-order valence-corrected chi connectivity index (χ1v) is 23.4. The number of aromatic carboxylic acids is 2. The van der Waals surface area contributed by atoms with Crippen molar-refractivity contribution >= 4 is 92.9 Å². The van der Waals surface area contributed by atoms with Gasteiger partial charge in [0.15, 0.2) is 0 Å². The number of thioether (sulfide) groups is 2.